The van der Waals surface area contributed by atoms with Crippen molar-refractivity contribution in [1.82, 2.24) is 20.1 Å². The van der Waals surface area contributed by atoms with E-state index in [4.69, 9.17) is 14.5 Å². The Morgan fingerprint density at radius 2 is 1.90 bits per heavy atom. The molecule has 3 saturated heterocycles. The van der Waals surface area contributed by atoms with Crippen LogP contribution in [0.4, 0.5) is 5.82 Å². The average Bonchev–Trinajstić information content (AvgIpc) is 3.28. The number of morpholine rings is 1. The fourth-order valence-corrected chi connectivity index (χ4v) is 6.02. The van der Waals surface area contributed by atoms with Crippen molar-refractivity contribution in [1.29, 1.82) is 0 Å². The number of carbonyl (C=O) groups excluding carboxylic acids is 3. The van der Waals surface area contributed by atoms with E-state index in [1.165, 1.54) is 6.42 Å². The molecule has 3 amide bonds. The number of carbonyl (C=O) groups is 3. The SMILES string of the molecule is O=C1CCC(N2Cc3cc(OC[C@@H]4CCCCN4Cc4cccc(N5CCOCC5)n4)ccc3C2=O)C(=O)N1. The maximum Gasteiger partial charge on any atom is 0.255 e. The number of imide groups is 1. The van der Waals surface area contributed by atoms with E-state index in [1.807, 2.05) is 12.1 Å². The average molecular weight is 534 g/mol. The number of nitrogens with zero attached hydrogens (tertiary/aromatic N) is 4. The molecule has 2 aromatic rings. The molecule has 0 spiro atoms. The topological polar surface area (TPSA) is 104 Å². The number of nitrogens with one attached hydrogen (secondary N) is 1. The maximum atomic E-state index is 13.0. The lowest BCUT2D eigenvalue weighted by atomic mass is 10.0. The van der Waals surface area contributed by atoms with Crippen LogP contribution in [0, 0.1) is 0 Å². The van der Waals surface area contributed by atoms with Crippen LogP contribution < -0.4 is 15.0 Å². The van der Waals surface area contributed by atoms with E-state index >= 15 is 0 Å². The van der Waals surface area contributed by atoms with Crippen LogP contribution >= 0.6 is 0 Å². The molecule has 1 N–H and O–H groups in total. The minimum atomic E-state index is -0.613. The summed E-state index contributed by atoms with van der Waals surface area (Å²) >= 11 is 0. The number of rotatable bonds is 7. The van der Waals surface area contributed by atoms with Gasteiger partial charge in [0.2, 0.25) is 11.8 Å². The second-order valence-corrected chi connectivity index (χ2v) is 10.7. The molecule has 39 heavy (non-hydrogen) atoms. The Morgan fingerprint density at radius 1 is 1.03 bits per heavy atom. The van der Waals surface area contributed by atoms with Crippen LogP contribution in [0.15, 0.2) is 36.4 Å². The number of benzene rings is 1. The zero-order valence-electron chi connectivity index (χ0n) is 22.1. The molecule has 0 radical (unpaired) electrons. The summed E-state index contributed by atoms with van der Waals surface area (Å²) in [6.45, 7) is 5.92. The minimum Gasteiger partial charge on any atom is -0.492 e. The lowest BCUT2D eigenvalue weighted by Gasteiger charge is -2.35. The standard InChI is InChI=1S/C29H35N5O5/c35-27-10-9-25(28(36)31-27)34-17-20-16-23(7-8-24(20)29(34)37)39-19-22-5-1-2-11-33(22)18-21-4-3-6-26(30-21)32-12-14-38-15-13-32/h3-4,6-8,16,22,25H,1-2,5,9-15,17-19H2,(H,31,35,36)/t22-,25?/m0/s1. The van der Waals surface area contributed by atoms with E-state index in [1.54, 1.807) is 11.0 Å². The monoisotopic (exact) mass is 533 g/mol. The lowest BCUT2D eigenvalue weighted by molar-refractivity contribution is -0.136. The van der Waals surface area contributed by atoms with Gasteiger partial charge in [0.25, 0.3) is 5.91 Å². The second kappa shape index (κ2) is 11.3. The number of aromatic nitrogens is 1. The van der Waals surface area contributed by atoms with E-state index in [0.717, 1.165) is 75.1 Å². The highest BCUT2D eigenvalue weighted by atomic mass is 16.5. The van der Waals surface area contributed by atoms with E-state index in [9.17, 15) is 14.4 Å². The number of hydrogen-bond donors (Lipinski definition) is 1. The fourth-order valence-electron chi connectivity index (χ4n) is 6.02. The molecular formula is C29H35N5O5. The van der Waals surface area contributed by atoms with E-state index in [-0.39, 0.29) is 24.3 Å². The van der Waals surface area contributed by atoms with Crippen LogP contribution in [0.2, 0.25) is 0 Å². The number of piperidine rings is 2. The van der Waals surface area contributed by atoms with E-state index in [0.29, 0.717) is 25.1 Å². The highest BCUT2D eigenvalue weighted by molar-refractivity contribution is 6.05. The van der Waals surface area contributed by atoms with E-state index < -0.39 is 11.9 Å². The van der Waals surface area contributed by atoms with Crippen molar-refractivity contribution in [2.45, 2.75) is 57.3 Å². The van der Waals surface area contributed by atoms with Crippen LogP contribution in [-0.2, 0) is 27.4 Å². The van der Waals surface area contributed by atoms with Crippen LogP contribution in [-0.4, -0.2) is 84.0 Å². The van der Waals surface area contributed by atoms with Gasteiger partial charge in [-0.15, -0.1) is 0 Å². The predicted molar refractivity (Wildman–Crippen MR) is 143 cm³/mol. The van der Waals surface area contributed by atoms with Gasteiger partial charge in [-0.1, -0.05) is 12.5 Å². The fraction of sp³-hybridized carbons (Fsp3) is 0.517. The Morgan fingerprint density at radius 3 is 2.74 bits per heavy atom. The van der Waals surface area contributed by atoms with Gasteiger partial charge >= 0.3 is 0 Å². The molecule has 4 aliphatic heterocycles. The van der Waals surface area contributed by atoms with Gasteiger partial charge in [-0.2, -0.15) is 0 Å². The molecule has 10 heteroatoms. The van der Waals surface area contributed by atoms with Crippen molar-refractivity contribution in [2.75, 3.05) is 44.4 Å². The van der Waals surface area contributed by atoms with Gasteiger partial charge in [0.15, 0.2) is 0 Å². The Balaban J connectivity index is 1.08. The third-order valence-corrected chi connectivity index (χ3v) is 8.18. The molecule has 0 saturated carbocycles. The molecule has 10 nitrogen and oxygen atoms in total. The van der Waals surface area contributed by atoms with E-state index in [2.05, 4.69) is 33.3 Å². The van der Waals surface area contributed by atoms with Crippen molar-refractivity contribution in [3.05, 3.63) is 53.2 Å². The second-order valence-electron chi connectivity index (χ2n) is 10.7. The van der Waals surface area contributed by atoms with Gasteiger partial charge in [-0.25, -0.2) is 4.98 Å². The predicted octanol–water partition coefficient (Wildman–Crippen LogP) is 2.11. The summed E-state index contributed by atoms with van der Waals surface area (Å²) in [7, 11) is 0. The Bertz CT molecular complexity index is 1250. The summed E-state index contributed by atoms with van der Waals surface area (Å²) in [5.41, 5.74) is 2.51. The molecule has 4 aliphatic rings. The lowest BCUT2D eigenvalue weighted by Crippen LogP contribution is -2.52. The third kappa shape index (κ3) is 5.62. The van der Waals surface area contributed by atoms with Gasteiger partial charge in [0.1, 0.15) is 24.2 Å². The zero-order chi connectivity index (χ0) is 26.8. The summed E-state index contributed by atoms with van der Waals surface area (Å²) in [6.07, 6.45) is 4.00. The molecule has 2 atom stereocenters. The number of anilines is 1. The number of hydrogen-bond acceptors (Lipinski definition) is 8. The molecule has 5 heterocycles. The maximum absolute atomic E-state index is 13.0. The molecule has 6 rings (SSSR count). The van der Waals surface area contributed by atoms with Crippen LogP contribution in [0.3, 0.4) is 0 Å². The zero-order valence-corrected chi connectivity index (χ0v) is 22.1. The first-order valence-corrected chi connectivity index (χ1v) is 14.0. The Labute approximate surface area is 228 Å². The van der Waals surface area contributed by atoms with Crippen LogP contribution in [0.1, 0.15) is 53.7 Å². The van der Waals surface area contributed by atoms with Crippen molar-refractivity contribution < 1.29 is 23.9 Å². The normalized spacial score (nSPS) is 24.1. The highest BCUT2D eigenvalue weighted by Gasteiger charge is 2.39. The molecule has 1 aromatic heterocycles. The Hall–Kier alpha value is -3.50. The van der Waals surface area contributed by atoms with Gasteiger partial charge < -0.3 is 19.3 Å². The van der Waals surface area contributed by atoms with Gasteiger partial charge in [0.05, 0.1) is 18.9 Å². The number of likely N-dealkylation sites (tertiary alicyclic amines) is 1. The largest absolute Gasteiger partial charge is 0.492 e. The quantitative estimate of drug-likeness (QED) is 0.540. The summed E-state index contributed by atoms with van der Waals surface area (Å²) in [5, 5.41) is 2.35. The highest BCUT2D eigenvalue weighted by Crippen LogP contribution is 2.31. The first-order chi connectivity index (χ1) is 19.0. The van der Waals surface area contributed by atoms with Crippen molar-refractivity contribution in [2.24, 2.45) is 0 Å². The van der Waals surface area contributed by atoms with Gasteiger partial charge in [-0.3, -0.25) is 24.6 Å². The molecule has 1 aromatic carbocycles. The van der Waals surface area contributed by atoms with Crippen LogP contribution in [0.5, 0.6) is 5.75 Å². The molecule has 1 unspecified atom stereocenters. The van der Waals surface area contributed by atoms with Crippen molar-refractivity contribution in [3.8, 4) is 5.75 Å². The summed E-state index contributed by atoms with van der Waals surface area (Å²) in [4.78, 5) is 48.1. The number of ether oxygens (including phenoxy) is 2. The molecule has 0 aliphatic carbocycles. The minimum absolute atomic E-state index is 0.170. The number of amides is 3. The first kappa shape index (κ1) is 25.8. The molecular weight excluding hydrogens is 498 g/mol. The molecule has 206 valence electrons. The van der Waals surface area contributed by atoms with Gasteiger partial charge in [-0.05, 0) is 61.7 Å². The Kier molecular flexibility index (Phi) is 7.47. The van der Waals surface area contributed by atoms with Gasteiger partial charge in [0, 0.05) is 44.2 Å². The molecule has 3 fully saturated rings. The molecule has 0 bridgehead atoms. The van der Waals surface area contributed by atoms with Crippen molar-refractivity contribution in [3.63, 3.8) is 0 Å². The first-order valence-electron chi connectivity index (χ1n) is 14.0. The third-order valence-electron chi connectivity index (χ3n) is 8.18. The van der Waals surface area contributed by atoms with Crippen molar-refractivity contribution >= 4 is 23.5 Å². The smallest absolute Gasteiger partial charge is 0.255 e. The summed E-state index contributed by atoms with van der Waals surface area (Å²) in [6, 6.07) is 11.5. The summed E-state index contributed by atoms with van der Waals surface area (Å²) in [5.74, 6) is 0.889. The summed E-state index contributed by atoms with van der Waals surface area (Å²) < 4.78 is 11.8. The van der Waals surface area contributed by atoms with Crippen LogP contribution in [0.25, 0.3) is 0 Å². The number of fused-ring (bicyclic) bond motifs is 1. The number of pyridine rings is 1.